The third-order valence-electron chi connectivity index (χ3n) is 5.57. The van der Waals surface area contributed by atoms with Crippen LogP contribution in [0.3, 0.4) is 0 Å². The van der Waals surface area contributed by atoms with Crippen molar-refractivity contribution < 1.29 is 19.5 Å². The number of carboxylic acids is 1. The molecule has 0 unspecified atom stereocenters. The largest absolute Gasteiger partial charge is 0.480 e. The summed E-state index contributed by atoms with van der Waals surface area (Å²) < 4.78 is 0. The standard InChI is InChI=1S/C19H35N3O4/c1-5-12(4)15(20)18(24)21-10-13-6-8-14(9-7-13)17(23)22-16(11(2)3)19(25)26/h11-16H,5-10,20H2,1-4H3,(H,21,24)(H,22,23)(H,25,26)/t12-,13?,14?,15-,16-/m0/s1. The zero-order chi connectivity index (χ0) is 19.9. The van der Waals surface area contributed by atoms with E-state index >= 15 is 0 Å². The van der Waals surface area contributed by atoms with Gasteiger partial charge in [-0.15, -0.1) is 0 Å². The Morgan fingerprint density at radius 3 is 2.15 bits per heavy atom. The van der Waals surface area contributed by atoms with Gasteiger partial charge in [0.1, 0.15) is 6.04 Å². The molecule has 7 nitrogen and oxygen atoms in total. The molecule has 7 heteroatoms. The molecule has 0 spiro atoms. The number of carbonyl (C=O) groups excluding carboxylic acids is 2. The molecule has 0 bridgehead atoms. The molecule has 1 aliphatic carbocycles. The molecule has 0 heterocycles. The Hall–Kier alpha value is -1.63. The van der Waals surface area contributed by atoms with Crippen LogP contribution < -0.4 is 16.4 Å². The highest BCUT2D eigenvalue weighted by Crippen LogP contribution is 2.28. The molecule has 150 valence electrons. The number of nitrogens with one attached hydrogen (secondary N) is 2. The van der Waals surface area contributed by atoms with Crippen molar-refractivity contribution in [3.8, 4) is 0 Å². The van der Waals surface area contributed by atoms with E-state index in [9.17, 15) is 19.5 Å². The monoisotopic (exact) mass is 369 g/mol. The zero-order valence-corrected chi connectivity index (χ0v) is 16.5. The zero-order valence-electron chi connectivity index (χ0n) is 16.5. The van der Waals surface area contributed by atoms with Crippen LogP contribution >= 0.6 is 0 Å². The second-order valence-corrected chi connectivity index (χ2v) is 7.94. The Bertz CT molecular complexity index is 487. The maximum Gasteiger partial charge on any atom is 0.326 e. The first-order valence-electron chi connectivity index (χ1n) is 9.73. The van der Waals surface area contributed by atoms with Crippen LogP contribution in [0.4, 0.5) is 0 Å². The molecular weight excluding hydrogens is 334 g/mol. The maximum atomic E-state index is 12.3. The van der Waals surface area contributed by atoms with Crippen molar-refractivity contribution in [1.29, 1.82) is 0 Å². The van der Waals surface area contributed by atoms with Gasteiger partial charge in [0, 0.05) is 12.5 Å². The van der Waals surface area contributed by atoms with Gasteiger partial charge in [-0.2, -0.15) is 0 Å². The van der Waals surface area contributed by atoms with Gasteiger partial charge >= 0.3 is 5.97 Å². The van der Waals surface area contributed by atoms with E-state index in [1.165, 1.54) is 0 Å². The lowest BCUT2D eigenvalue weighted by molar-refractivity contribution is -0.144. The van der Waals surface area contributed by atoms with Crippen molar-refractivity contribution in [3.63, 3.8) is 0 Å². The van der Waals surface area contributed by atoms with Crippen LogP contribution in [0.1, 0.15) is 59.8 Å². The van der Waals surface area contributed by atoms with E-state index in [-0.39, 0.29) is 29.6 Å². The molecule has 1 rings (SSSR count). The van der Waals surface area contributed by atoms with E-state index in [0.29, 0.717) is 25.3 Å². The van der Waals surface area contributed by atoms with Gasteiger partial charge in [-0.1, -0.05) is 34.1 Å². The lowest BCUT2D eigenvalue weighted by Gasteiger charge is -2.29. The van der Waals surface area contributed by atoms with Crippen LogP contribution in [-0.2, 0) is 14.4 Å². The topological polar surface area (TPSA) is 122 Å². The van der Waals surface area contributed by atoms with Crippen LogP contribution in [0.2, 0.25) is 0 Å². The fourth-order valence-corrected chi connectivity index (χ4v) is 3.29. The minimum absolute atomic E-state index is 0.111. The van der Waals surface area contributed by atoms with Gasteiger partial charge in [0.05, 0.1) is 6.04 Å². The number of nitrogens with two attached hydrogens (primary N) is 1. The van der Waals surface area contributed by atoms with Gasteiger partial charge in [0.2, 0.25) is 11.8 Å². The normalized spacial score (nSPS) is 23.8. The fraction of sp³-hybridized carbons (Fsp3) is 0.842. The van der Waals surface area contributed by atoms with Crippen LogP contribution in [-0.4, -0.2) is 41.5 Å². The van der Waals surface area contributed by atoms with E-state index in [1.807, 2.05) is 13.8 Å². The summed E-state index contributed by atoms with van der Waals surface area (Å²) in [6, 6.07) is -1.33. The highest BCUT2D eigenvalue weighted by Gasteiger charge is 2.31. The average molecular weight is 370 g/mol. The maximum absolute atomic E-state index is 12.3. The van der Waals surface area contributed by atoms with E-state index in [0.717, 1.165) is 19.3 Å². The van der Waals surface area contributed by atoms with Crippen LogP contribution in [0.15, 0.2) is 0 Å². The van der Waals surface area contributed by atoms with Gasteiger partial charge in [0.15, 0.2) is 0 Å². The minimum atomic E-state index is -0.998. The van der Waals surface area contributed by atoms with Crippen molar-refractivity contribution in [3.05, 3.63) is 0 Å². The quantitative estimate of drug-likeness (QED) is 0.491. The summed E-state index contributed by atoms with van der Waals surface area (Å²) in [5.41, 5.74) is 5.93. The van der Waals surface area contributed by atoms with Crippen molar-refractivity contribution in [2.45, 2.75) is 71.9 Å². The first kappa shape index (κ1) is 22.4. The molecule has 26 heavy (non-hydrogen) atoms. The number of carbonyl (C=O) groups is 3. The summed E-state index contributed by atoms with van der Waals surface area (Å²) in [5.74, 6) is -1.09. The number of carboxylic acid groups (broad SMARTS) is 1. The number of hydrogen-bond donors (Lipinski definition) is 4. The first-order chi connectivity index (χ1) is 12.2. The number of aliphatic carboxylic acids is 1. The highest BCUT2D eigenvalue weighted by molar-refractivity contribution is 5.85. The molecule has 5 N–H and O–H groups in total. The minimum Gasteiger partial charge on any atom is -0.480 e. The molecular formula is C19H35N3O4. The van der Waals surface area contributed by atoms with Crippen molar-refractivity contribution in [1.82, 2.24) is 10.6 Å². The third kappa shape index (κ3) is 6.59. The van der Waals surface area contributed by atoms with Gasteiger partial charge < -0.3 is 21.5 Å². The molecule has 1 fully saturated rings. The Morgan fingerprint density at radius 2 is 1.69 bits per heavy atom. The SMILES string of the molecule is CC[C@H](C)[C@H](N)C(=O)NCC1CCC(C(=O)N[C@H](C(=O)O)C(C)C)CC1. The Kier molecular flexibility index (Phi) is 9.05. The lowest BCUT2D eigenvalue weighted by Crippen LogP contribution is -2.48. The predicted octanol–water partition coefficient (Wildman–Crippen LogP) is 1.51. The fourth-order valence-electron chi connectivity index (χ4n) is 3.29. The summed E-state index contributed by atoms with van der Waals surface area (Å²) in [6.07, 6.45) is 3.98. The van der Waals surface area contributed by atoms with E-state index in [4.69, 9.17) is 5.73 Å². The van der Waals surface area contributed by atoms with E-state index < -0.39 is 18.1 Å². The van der Waals surface area contributed by atoms with Crippen LogP contribution in [0.5, 0.6) is 0 Å². The Morgan fingerprint density at radius 1 is 1.12 bits per heavy atom. The van der Waals surface area contributed by atoms with Crippen molar-refractivity contribution in [2.24, 2.45) is 29.4 Å². The smallest absolute Gasteiger partial charge is 0.326 e. The van der Waals surface area contributed by atoms with Crippen molar-refractivity contribution in [2.75, 3.05) is 6.54 Å². The van der Waals surface area contributed by atoms with Crippen molar-refractivity contribution >= 4 is 17.8 Å². The van der Waals surface area contributed by atoms with Gasteiger partial charge in [-0.05, 0) is 43.4 Å². The highest BCUT2D eigenvalue weighted by atomic mass is 16.4. The molecule has 0 aromatic rings. The van der Waals surface area contributed by atoms with Gasteiger partial charge in [0.25, 0.3) is 0 Å². The summed E-state index contributed by atoms with van der Waals surface area (Å²) in [7, 11) is 0. The molecule has 0 aromatic carbocycles. The summed E-state index contributed by atoms with van der Waals surface area (Å²) in [4.78, 5) is 35.6. The number of hydrogen-bond acceptors (Lipinski definition) is 4. The Labute approximate surface area is 156 Å². The van der Waals surface area contributed by atoms with E-state index in [2.05, 4.69) is 10.6 Å². The predicted molar refractivity (Wildman–Crippen MR) is 100 cm³/mol. The lowest BCUT2D eigenvalue weighted by atomic mass is 9.81. The molecule has 2 amide bonds. The number of rotatable bonds is 9. The molecule has 1 saturated carbocycles. The van der Waals surface area contributed by atoms with Crippen LogP contribution in [0, 0.1) is 23.7 Å². The van der Waals surface area contributed by atoms with Gasteiger partial charge in [-0.3, -0.25) is 9.59 Å². The Balaban J connectivity index is 2.39. The molecule has 0 aliphatic heterocycles. The molecule has 0 radical (unpaired) electrons. The summed E-state index contributed by atoms with van der Waals surface area (Å²) >= 11 is 0. The molecule has 1 aliphatic rings. The van der Waals surface area contributed by atoms with Gasteiger partial charge in [-0.25, -0.2) is 4.79 Å². The summed E-state index contributed by atoms with van der Waals surface area (Å²) in [6.45, 7) is 8.13. The molecule has 3 atom stereocenters. The van der Waals surface area contributed by atoms with Crippen LogP contribution in [0.25, 0.3) is 0 Å². The molecule has 0 aromatic heterocycles. The van der Waals surface area contributed by atoms with E-state index in [1.54, 1.807) is 13.8 Å². The first-order valence-corrected chi connectivity index (χ1v) is 9.73. The number of amides is 2. The molecule has 0 saturated heterocycles. The average Bonchev–Trinajstić information content (AvgIpc) is 2.62. The third-order valence-corrected chi connectivity index (χ3v) is 5.57. The second kappa shape index (κ2) is 10.5. The summed E-state index contributed by atoms with van der Waals surface area (Å²) in [5, 5.41) is 14.8. The second-order valence-electron chi connectivity index (χ2n) is 7.94.